The van der Waals surface area contributed by atoms with Gasteiger partial charge < -0.3 is 9.84 Å². The number of aliphatic hydroxyl groups is 1. The minimum atomic E-state index is -1.08. The third-order valence-electron chi connectivity index (χ3n) is 5.23. The number of ether oxygens (including phenoxy) is 1. The molecule has 0 amide bonds. The number of rotatable bonds is 8. The Morgan fingerprint density at radius 2 is 0.943 bits per heavy atom. The topological polar surface area (TPSA) is 63.6 Å². The molecular weight excluding hydrogens is 436 g/mol. The number of carbonyl (C=O) groups excluding carboxylic acids is 2. The van der Waals surface area contributed by atoms with Gasteiger partial charge in [0.1, 0.15) is 12.2 Å². The van der Waals surface area contributed by atoms with Crippen molar-refractivity contribution < 1.29 is 19.4 Å². The molecule has 0 radical (unpaired) electrons. The second-order valence-corrected chi connectivity index (χ2v) is 8.25. The first-order valence-electron chi connectivity index (χ1n) is 11.6. The maximum Gasteiger partial charge on any atom is 0.196 e. The molecule has 4 aromatic rings. The van der Waals surface area contributed by atoms with Crippen LogP contribution in [0.2, 0.25) is 0 Å². The Balaban J connectivity index is 0.000000198. The van der Waals surface area contributed by atoms with Crippen LogP contribution in [0.4, 0.5) is 0 Å². The third-order valence-corrected chi connectivity index (χ3v) is 5.23. The van der Waals surface area contributed by atoms with Gasteiger partial charge in [-0.25, -0.2) is 0 Å². The summed E-state index contributed by atoms with van der Waals surface area (Å²) < 4.78 is 5.80. The number of benzene rings is 4. The van der Waals surface area contributed by atoms with Gasteiger partial charge in [-0.1, -0.05) is 121 Å². The van der Waals surface area contributed by atoms with E-state index in [1.165, 1.54) is 0 Å². The van der Waals surface area contributed by atoms with Gasteiger partial charge >= 0.3 is 0 Å². The predicted octanol–water partition coefficient (Wildman–Crippen LogP) is 6.64. The van der Waals surface area contributed by atoms with E-state index in [0.717, 1.165) is 5.56 Å². The lowest BCUT2D eigenvalue weighted by Crippen LogP contribution is -2.19. The van der Waals surface area contributed by atoms with Crippen LogP contribution in [0, 0.1) is 0 Å². The van der Waals surface area contributed by atoms with Gasteiger partial charge in [-0.05, 0) is 25.0 Å². The van der Waals surface area contributed by atoms with Crippen LogP contribution in [0.1, 0.15) is 57.9 Å². The van der Waals surface area contributed by atoms with Crippen LogP contribution in [0.5, 0.6) is 0 Å². The van der Waals surface area contributed by atoms with Crippen LogP contribution >= 0.6 is 0 Å². The van der Waals surface area contributed by atoms with Crippen LogP contribution in [0.3, 0.4) is 0 Å². The number of aliphatic hydroxyl groups excluding tert-OH is 1. The average Bonchev–Trinajstić information content (AvgIpc) is 2.93. The summed E-state index contributed by atoms with van der Waals surface area (Å²) in [6.07, 6.45) is -1.62. The van der Waals surface area contributed by atoms with Gasteiger partial charge in [0.25, 0.3) is 0 Å². The van der Waals surface area contributed by atoms with Crippen molar-refractivity contribution >= 4 is 11.6 Å². The molecule has 0 saturated carbocycles. The second-order valence-electron chi connectivity index (χ2n) is 8.25. The Kier molecular flexibility index (Phi) is 9.67. The maximum atomic E-state index is 12.6. The van der Waals surface area contributed by atoms with Gasteiger partial charge in [0.05, 0.1) is 6.10 Å². The lowest BCUT2D eigenvalue weighted by molar-refractivity contribution is 0.0114. The fourth-order valence-corrected chi connectivity index (χ4v) is 3.49. The molecule has 0 bridgehead atoms. The molecule has 178 valence electrons. The molecule has 0 spiro atoms. The van der Waals surface area contributed by atoms with Gasteiger partial charge in [0, 0.05) is 11.1 Å². The summed E-state index contributed by atoms with van der Waals surface area (Å²) >= 11 is 0. The number of carbonyl (C=O) groups is 2. The summed E-state index contributed by atoms with van der Waals surface area (Å²) in [5, 5.41) is 9.89. The van der Waals surface area contributed by atoms with Crippen molar-refractivity contribution in [1.29, 1.82) is 0 Å². The number of hydrogen-bond acceptors (Lipinski definition) is 4. The molecule has 0 aromatic heterocycles. The molecule has 35 heavy (non-hydrogen) atoms. The highest BCUT2D eigenvalue weighted by atomic mass is 16.5. The minimum Gasteiger partial charge on any atom is -0.380 e. The first-order chi connectivity index (χ1) is 17.0. The molecule has 0 fully saturated rings. The van der Waals surface area contributed by atoms with E-state index in [9.17, 15) is 14.7 Å². The molecule has 2 atom stereocenters. The number of ketones is 2. The second kappa shape index (κ2) is 13.1. The van der Waals surface area contributed by atoms with Crippen molar-refractivity contribution in [2.24, 2.45) is 0 Å². The van der Waals surface area contributed by atoms with Crippen molar-refractivity contribution in [2.75, 3.05) is 0 Å². The van der Waals surface area contributed by atoms with Crippen LogP contribution in [0.15, 0.2) is 121 Å². The summed E-state index contributed by atoms with van der Waals surface area (Å²) in [4.78, 5) is 24.5. The van der Waals surface area contributed by atoms with E-state index >= 15 is 0 Å². The van der Waals surface area contributed by atoms with Gasteiger partial charge in [-0.15, -0.1) is 0 Å². The van der Waals surface area contributed by atoms with Crippen molar-refractivity contribution in [1.82, 2.24) is 0 Å². The molecule has 0 aliphatic rings. The van der Waals surface area contributed by atoms with Gasteiger partial charge in [-0.2, -0.15) is 0 Å². The zero-order chi connectivity index (χ0) is 25.0. The summed E-state index contributed by atoms with van der Waals surface area (Å²) in [5.74, 6) is -0.271. The van der Waals surface area contributed by atoms with Crippen molar-refractivity contribution in [3.8, 4) is 0 Å². The van der Waals surface area contributed by atoms with E-state index in [1.807, 2.05) is 86.6 Å². The van der Waals surface area contributed by atoms with E-state index in [-0.39, 0.29) is 17.7 Å². The van der Waals surface area contributed by atoms with Crippen LogP contribution in [-0.4, -0.2) is 22.8 Å². The monoisotopic (exact) mass is 466 g/mol. The Bertz CT molecular complexity index is 1170. The lowest BCUT2D eigenvalue weighted by Gasteiger charge is -2.19. The molecule has 4 nitrogen and oxygen atoms in total. The molecule has 0 saturated heterocycles. The molecule has 4 heteroatoms. The lowest BCUT2D eigenvalue weighted by atomic mass is 9.99. The number of Topliss-reactive ketones (excluding diaryl/α,β-unsaturated/α-hetero) is 2. The van der Waals surface area contributed by atoms with Gasteiger partial charge in [0.2, 0.25) is 0 Å². The highest BCUT2D eigenvalue weighted by molar-refractivity contribution is 6.00. The quantitative estimate of drug-likeness (QED) is 0.296. The van der Waals surface area contributed by atoms with Crippen LogP contribution in [0.25, 0.3) is 0 Å². The third kappa shape index (κ3) is 7.57. The Hall–Kier alpha value is -3.86. The largest absolute Gasteiger partial charge is 0.380 e. The Morgan fingerprint density at radius 3 is 1.37 bits per heavy atom. The highest BCUT2D eigenvalue weighted by Gasteiger charge is 2.23. The van der Waals surface area contributed by atoms with Crippen molar-refractivity contribution in [3.63, 3.8) is 0 Å². The SMILES string of the molecule is CC(C)OC(C(=O)c1ccccc1)c1ccccc1.O=C(c1ccccc1)C(O)c1ccccc1. The van der Waals surface area contributed by atoms with Crippen LogP contribution < -0.4 is 0 Å². The van der Waals surface area contributed by atoms with E-state index < -0.39 is 12.2 Å². The van der Waals surface area contributed by atoms with Gasteiger partial charge in [0.15, 0.2) is 11.6 Å². The molecule has 1 N–H and O–H groups in total. The molecular formula is C31H30O4. The normalized spacial score (nSPS) is 12.2. The molecule has 0 aliphatic carbocycles. The average molecular weight is 467 g/mol. The zero-order valence-electron chi connectivity index (χ0n) is 20.0. The summed E-state index contributed by atoms with van der Waals surface area (Å²) in [7, 11) is 0. The van der Waals surface area contributed by atoms with Crippen LogP contribution in [-0.2, 0) is 4.74 Å². The Labute approximate surface area is 206 Å². The summed E-state index contributed by atoms with van der Waals surface area (Å²) in [6.45, 7) is 3.88. The fourth-order valence-electron chi connectivity index (χ4n) is 3.49. The van der Waals surface area contributed by atoms with Crippen molar-refractivity contribution in [2.45, 2.75) is 32.2 Å². The number of hydrogen-bond donors (Lipinski definition) is 1. The molecule has 4 rings (SSSR count). The minimum absolute atomic E-state index is 0.000463. The molecule has 0 aliphatic heterocycles. The standard InChI is InChI=1S/C17H18O2.C14H12O2/c1-13(2)19-17(15-11-7-4-8-12-15)16(18)14-9-5-3-6-10-14;15-13(11-7-3-1-4-8-11)14(16)12-9-5-2-6-10-12/h3-13,17H,1-2H3;1-10,13,15H. The van der Waals surface area contributed by atoms with E-state index in [1.54, 1.807) is 48.5 Å². The Morgan fingerprint density at radius 1 is 0.571 bits per heavy atom. The van der Waals surface area contributed by atoms with Crippen molar-refractivity contribution in [3.05, 3.63) is 144 Å². The van der Waals surface area contributed by atoms with Gasteiger partial charge in [-0.3, -0.25) is 9.59 Å². The smallest absolute Gasteiger partial charge is 0.196 e. The van der Waals surface area contributed by atoms with E-state index in [4.69, 9.17) is 4.74 Å². The first-order valence-corrected chi connectivity index (χ1v) is 11.6. The summed E-state index contributed by atoms with van der Waals surface area (Å²) in [5.41, 5.74) is 2.72. The maximum absolute atomic E-state index is 12.6. The fraction of sp³-hybridized carbons (Fsp3) is 0.161. The van der Waals surface area contributed by atoms with E-state index in [2.05, 4.69) is 0 Å². The first kappa shape index (κ1) is 25.8. The molecule has 4 aromatic carbocycles. The highest BCUT2D eigenvalue weighted by Crippen LogP contribution is 2.24. The zero-order valence-corrected chi connectivity index (χ0v) is 20.0. The summed E-state index contributed by atoms with van der Waals surface area (Å²) in [6, 6.07) is 36.6. The predicted molar refractivity (Wildman–Crippen MR) is 138 cm³/mol. The molecule has 0 heterocycles. The van der Waals surface area contributed by atoms with E-state index in [0.29, 0.717) is 16.7 Å². The molecule has 2 unspecified atom stereocenters.